The molecule has 86 valence electrons. The van der Waals surface area contributed by atoms with Crippen LogP contribution in [0.25, 0.3) is 0 Å². The maximum atomic E-state index is 10.8. The van der Waals surface area contributed by atoms with Crippen LogP contribution in [0.3, 0.4) is 0 Å². The molecule has 0 aromatic rings. The van der Waals surface area contributed by atoms with Crippen LogP contribution in [-0.4, -0.2) is 45.4 Å². The third-order valence-corrected chi connectivity index (χ3v) is 1.68. The van der Waals surface area contributed by atoms with Crippen LogP contribution in [0.5, 0.6) is 0 Å². The Labute approximate surface area is 85.3 Å². The Bertz CT molecular complexity index is 254. The molecular weight excluding hydrogens is 208 g/mol. The van der Waals surface area contributed by atoms with E-state index in [9.17, 15) is 14.4 Å². The Morgan fingerprint density at radius 1 is 1.07 bits per heavy atom. The molecule has 0 heterocycles. The number of aliphatic carboxylic acids is 3. The first-order chi connectivity index (χ1) is 6.84. The molecule has 0 rings (SSSR count). The normalized spacial score (nSPS) is 11.0. The molecular formula is C8H12O7. The summed E-state index contributed by atoms with van der Waals surface area (Å²) in [6, 6.07) is 0. The van der Waals surface area contributed by atoms with Gasteiger partial charge in [0.2, 0.25) is 0 Å². The number of carboxylic acid groups (broad SMARTS) is 3. The van der Waals surface area contributed by atoms with E-state index < -0.39 is 36.4 Å². The molecule has 7 nitrogen and oxygen atoms in total. The molecule has 0 aromatic heterocycles. The zero-order chi connectivity index (χ0) is 12.1. The van der Waals surface area contributed by atoms with Crippen molar-refractivity contribution in [1.82, 2.24) is 0 Å². The second-order valence-electron chi connectivity index (χ2n) is 2.87. The van der Waals surface area contributed by atoms with Gasteiger partial charge in [0.15, 0.2) is 5.60 Å². The third-order valence-electron chi connectivity index (χ3n) is 1.68. The number of carboxylic acids is 3. The first kappa shape index (κ1) is 13.4. The summed E-state index contributed by atoms with van der Waals surface area (Å²) >= 11 is 0. The standard InChI is InChI=1S/C8H12O7/c1-2-15-8(7(13)14,3-5(9)10)4-6(11)12/h2-4H2,1H3,(H,9,10)(H,11,12)(H,13,14). The second kappa shape index (κ2) is 5.30. The SMILES string of the molecule is CCOC(CC(=O)O)(CC(=O)O)C(=O)O. The number of carbonyl (C=O) groups is 3. The molecule has 0 unspecified atom stereocenters. The van der Waals surface area contributed by atoms with Crippen LogP contribution in [0.1, 0.15) is 19.8 Å². The van der Waals surface area contributed by atoms with Crippen molar-refractivity contribution >= 4 is 17.9 Å². The van der Waals surface area contributed by atoms with Crippen molar-refractivity contribution in [2.24, 2.45) is 0 Å². The summed E-state index contributed by atoms with van der Waals surface area (Å²) < 4.78 is 4.75. The Hall–Kier alpha value is -1.63. The summed E-state index contributed by atoms with van der Waals surface area (Å²) in [6.07, 6.45) is -1.77. The van der Waals surface area contributed by atoms with E-state index in [1.54, 1.807) is 0 Å². The van der Waals surface area contributed by atoms with Gasteiger partial charge in [-0.15, -0.1) is 0 Å². The molecule has 0 aliphatic rings. The van der Waals surface area contributed by atoms with Crippen molar-refractivity contribution in [3.63, 3.8) is 0 Å². The quantitative estimate of drug-likeness (QED) is 0.542. The number of hydrogen-bond acceptors (Lipinski definition) is 4. The minimum atomic E-state index is -2.19. The van der Waals surface area contributed by atoms with Gasteiger partial charge in [0, 0.05) is 6.61 Å². The highest BCUT2D eigenvalue weighted by atomic mass is 16.5. The lowest BCUT2D eigenvalue weighted by molar-refractivity contribution is -0.177. The summed E-state index contributed by atoms with van der Waals surface area (Å²) in [5, 5.41) is 25.8. The summed E-state index contributed by atoms with van der Waals surface area (Å²) in [4.78, 5) is 31.7. The highest BCUT2D eigenvalue weighted by Gasteiger charge is 2.44. The van der Waals surface area contributed by atoms with Crippen molar-refractivity contribution in [2.45, 2.75) is 25.4 Å². The van der Waals surface area contributed by atoms with Gasteiger partial charge in [0.25, 0.3) is 0 Å². The van der Waals surface area contributed by atoms with Gasteiger partial charge >= 0.3 is 17.9 Å². The number of hydrogen-bond donors (Lipinski definition) is 3. The van der Waals surface area contributed by atoms with E-state index in [1.807, 2.05) is 0 Å². The van der Waals surface area contributed by atoms with Crippen LogP contribution in [0, 0.1) is 0 Å². The smallest absolute Gasteiger partial charge is 0.337 e. The molecule has 0 bridgehead atoms. The Morgan fingerprint density at radius 3 is 1.67 bits per heavy atom. The Balaban J connectivity index is 4.96. The molecule has 0 spiro atoms. The van der Waals surface area contributed by atoms with Gasteiger partial charge in [-0.1, -0.05) is 0 Å². The maximum Gasteiger partial charge on any atom is 0.337 e. The van der Waals surface area contributed by atoms with Crippen LogP contribution in [0.15, 0.2) is 0 Å². The molecule has 0 saturated carbocycles. The van der Waals surface area contributed by atoms with Gasteiger partial charge in [0.1, 0.15) is 0 Å². The fraction of sp³-hybridized carbons (Fsp3) is 0.625. The van der Waals surface area contributed by atoms with Gasteiger partial charge in [-0.3, -0.25) is 9.59 Å². The predicted octanol–water partition coefficient (Wildman–Crippen LogP) is -0.204. The van der Waals surface area contributed by atoms with Crippen molar-refractivity contribution in [2.75, 3.05) is 6.61 Å². The molecule has 0 radical (unpaired) electrons. The molecule has 0 amide bonds. The van der Waals surface area contributed by atoms with E-state index in [-0.39, 0.29) is 6.61 Å². The fourth-order valence-corrected chi connectivity index (χ4v) is 1.14. The summed E-state index contributed by atoms with van der Waals surface area (Å²) in [6.45, 7) is 1.38. The number of ether oxygens (including phenoxy) is 1. The van der Waals surface area contributed by atoms with Crippen molar-refractivity contribution < 1.29 is 34.4 Å². The van der Waals surface area contributed by atoms with E-state index in [0.717, 1.165) is 0 Å². The zero-order valence-corrected chi connectivity index (χ0v) is 8.10. The molecule has 0 saturated heterocycles. The van der Waals surface area contributed by atoms with E-state index in [4.69, 9.17) is 20.1 Å². The third kappa shape index (κ3) is 3.94. The zero-order valence-electron chi connectivity index (χ0n) is 8.10. The van der Waals surface area contributed by atoms with E-state index >= 15 is 0 Å². The second-order valence-corrected chi connectivity index (χ2v) is 2.87. The molecule has 0 aliphatic heterocycles. The van der Waals surface area contributed by atoms with E-state index in [2.05, 4.69) is 0 Å². The van der Waals surface area contributed by atoms with Crippen molar-refractivity contribution in [3.8, 4) is 0 Å². The van der Waals surface area contributed by atoms with Gasteiger partial charge in [-0.2, -0.15) is 0 Å². The van der Waals surface area contributed by atoms with Gasteiger partial charge in [-0.05, 0) is 6.92 Å². The van der Waals surface area contributed by atoms with Crippen LogP contribution < -0.4 is 0 Å². The van der Waals surface area contributed by atoms with Crippen LogP contribution in [0.2, 0.25) is 0 Å². The lowest BCUT2D eigenvalue weighted by atomic mass is 9.95. The van der Waals surface area contributed by atoms with Crippen LogP contribution in [-0.2, 0) is 19.1 Å². The topological polar surface area (TPSA) is 121 Å². The molecule has 7 heteroatoms. The van der Waals surface area contributed by atoms with Gasteiger partial charge in [0.05, 0.1) is 12.8 Å². The fourth-order valence-electron chi connectivity index (χ4n) is 1.14. The summed E-state index contributed by atoms with van der Waals surface area (Å²) in [7, 11) is 0. The minimum Gasteiger partial charge on any atom is -0.481 e. The van der Waals surface area contributed by atoms with Gasteiger partial charge < -0.3 is 20.1 Å². The highest BCUT2D eigenvalue weighted by molar-refractivity contribution is 5.88. The highest BCUT2D eigenvalue weighted by Crippen LogP contribution is 2.21. The van der Waals surface area contributed by atoms with E-state index in [1.165, 1.54) is 6.92 Å². The largest absolute Gasteiger partial charge is 0.481 e. The number of rotatable bonds is 7. The predicted molar refractivity (Wildman–Crippen MR) is 46.5 cm³/mol. The first-order valence-corrected chi connectivity index (χ1v) is 4.15. The Morgan fingerprint density at radius 2 is 1.47 bits per heavy atom. The molecule has 0 atom stereocenters. The monoisotopic (exact) mass is 220 g/mol. The molecule has 0 aromatic carbocycles. The van der Waals surface area contributed by atoms with Crippen molar-refractivity contribution in [3.05, 3.63) is 0 Å². The molecule has 0 aliphatic carbocycles. The molecule has 0 fully saturated rings. The average Bonchev–Trinajstić information content (AvgIpc) is 2.01. The minimum absolute atomic E-state index is 0.0765. The van der Waals surface area contributed by atoms with Crippen molar-refractivity contribution in [1.29, 1.82) is 0 Å². The van der Waals surface area contributed by atoms with E-state index in [0.29, 0.717) is 0 Å². The maximum absolute atomic E-state index is 10.8. The lowest BCUT2D eigenvalue weighted by Crippen LogP contribution is -2.45. The van der Waals surface area contributed by atoms with Gasteiger partial charge in [-0.25, -0.2) is 4.79 Å². The lowest BCUT2D eigenvalue weighted by Gasteiger charge is -2.25. The Kier molecular flexibility index (Phi) is 4.72. The summed E-state index contributed by atoms with van der Waals surface area (Å²) in [5.74, 6) is -4.44. The average molecular weight is 220 g/mol. The molecule has 15 heavy (non-hydrogen) atoms. The van der Waals surface area contributed by atoms with Crippen LogP contribution in [0.4, 0.5) is 0 Å². The first-order valence-electron chi connectivity index (χ1n) is 4.15. The summed E-state index contributed by atoms with van der Waals surface area (Å²) in [5.41, 5.74) is -2.19. The van der Waals surface area contributed by atoms with Crippen LogP contribution >= 0.6 is 0 Å². The molecule has 3 N–H and O–H groups in total.